The van der Waals surface area contributed by atoms with E-state index in [1.54, 1.807) is 12.1 Å². The number of carbonyl (C=O) groups excluding carboxylic acids is 1. The highest BCUT2D eigenvalue weighted by molar-refractivity contribution is 6.00. The molecule has 1 amide bonds. The molecule has 2 heterocycles. The van der Waals surface area contributed by atoms with Crippen molar-refractivity contribution in [2.75, 3.05) is 0 Å². The Hall–Kier alpha value is -3.50. The summed E-state index contributed by atoms with van der Waals surface area (Å²) >= 11 is 0. The number of halogens is 3. The van der Waals surface area contributed by atoms with Crippen LogP contribution in [0.1, 0.15) is 24.2 Å². The van der Waals surface area contributed by atoms with Crippen molar-refractivity contribution in [3.63, 3.8) is 0 Å². The average molecular weight is 380 g/mol. The third kappa shape index (κ3) is 5.23. The lowest BCUT2D eigenvalue weighted by atomic mass is 10.2. The molecule has 3 N–H and O–H groups in total. The van der Waals surface area contributed by atoms with Gasteiger partial charge in [0.1, 0.15) is 17.3 Å². The van der Waals surface area contributed by atoms with Crippen molar-refractivity contribution in [2.45, 2.75) is 19.6 Å². The first-order chi connectivity index (χ1) is 12.7. The van der Waals surface area contributed by atoms with Gasteiger partial charge in [-0.3, -0.25) is 4.79 Å². The molecule has 27 heavy (non-hydrogen) atoms. The molecule has 2 rings (SSSR count). The summed E-state index contributed by atoms with van der Waals surface area (Å²) in [6.45, 7) is 4.43. The summed E-state index contributed by atoms with van der Waals surface area (Å²) in [6, 6.07) is 3.94. The van der Waals surface area contributed by atoms with E-state index in [-0.39, 0.29) is 29.6 Å². The van der Waals surface area contributed by atoms with Crippen LogP contribution < -0.4 is 11.1 Å². The highest BCUT2D eigenvalue weighted by Gasteiger charge is 2.32. The summed E-state index contributed by atoms with van der Waals surface area (Å²) in [5.41, 5.74) is 4.70. The minimum absolute atomic E-state index is 0.0229. The van der Waals surface area contributed by atoms with Crippen LogP contribution in [0.2, 0.25) is 0 Å². The molecule has 0 saturated heterocycles. The Kier molecular flexibility index (Phi) is 6.06. The molecule has 0 atom stereocenters. The molecule has 0 unspecified atom stereocenters. The first-order valence-corrected chi connectivity index (χ1v) is 7.45. The second-order valence-corrected chi connectivity index (χ2v) is 5.12. The summed E-state index contributed by atoms with van der Waals surface area (Å²) in [6.07, 6.45) is -2.23. The van der Waals surface area contributed by atoms with Crippen molar-refractivity contribution < 1.29 is 22.4 Å². The second kappa shape index (κ2) is 8.25. The van der Waals surface area contributed by atoms with Crippen molar-refractivity contribution >= 4 is 18.5 Å². The van der Waals surface area contributed by atoms with Gasteiger partial charge in [0.2, 0.25) is 0 Å². The summed E-state index contributed by atoms with van der Waals surface area (Å²) in [5, 5.41) is 2.38. The molecule has 2 aromatic heterocycles. The Balaban J connectivity index is 2.11. The quantitative estimate of drug-likeness (QED) is 0.467. The first-order valence-electron chi connectivity index (χ1n) is 7.45. The Labute approximate surface area is 151 Å². The van der Waals surface area contributed by atoms with Gasteiger partial charge in [0.15, 0.2) is 11.6 Å². The number of furan rings is 1. The van der Waals surface area contributed by atoms with Gasteiger partial charge in [-0.15, -0.1) is 0 Å². The standard InChI is InChI=1S/C16H15F3N6O2/c1-9(13(20)25-14(21-2)10-4-3-7-27-10)15(26)23-8-12-22-6-5-11(24-12)16(17,18)19/h3-7H,2,8,20H2,1H3,(H,23,26)/b13-9+,25-14-. The van der Waals surface area contributed by atoms with E-state index < -0.39 is 17.8 Å². The summed E-state index contributed by atoms with van der Waals surface area (Å²) in [5.74, 6) is -0.627. The topological polar surface area (TPSA) is 119 Å². The monoisotopic (exact) mass is 380 g/mol. The summed E-state index contributed by atoms with van der Waals surface area (Å²) in [7, 11) is 0. The van der Waals surface area contributed by atoms with Crippen LogP contribution in [0.4, 0.5) is 13.2 Å². The van der Waals surface area contributed by atoms with Gasteiger partial charge in [0.05, 0.1) is 18.4 Å². The van der Waals surface area contributed by atoms with Crippen molar-refractivity contribution in [3.05, 3.63) is 59.3 Å². The van der Waals surface area contributed by atoms with Crippen LogP contribution in [0, 0.1) is 0 Å². The van der Waals surface area contributed by atoms with Gasteiger partial charge in [-0.1, -0.05) is 0 Å². The third-order valence-corrected chi connectivity index (χ3v) is 3.25. The molecule has 0 spiro atoms. The van der Waals surface area contributed by atoms with Gasteiger partial charge in [-0.25, -0.2) is 20.0 Å². The smallest absolute Gasteiger partial charge is 0.433 e. The van der Waals surface area contributed by atoms with Crippen LogP contribution >= 0.6 is 0 Å². The fourth-order valence-electron chi connectivity index (χ4n) is 1.82. The highest BCUT2D eigenvalue weighted by Crippen LogP contribution is 2.26. The lowest BCUT2D eigenvalue weighted by molar-refractivity contribution is -0.141. The number of hydrogen-bond acceptors (Lipinski definition) is 6. The molecule has 142 valence electrons. The van der Waals surface area contributed by atoms with Crippen LogP contribution in [-0.2, 0) is 17.5 Å². The molecule has 0 radical (unpaired) electrons. The van der Waals surface area contributed by atoms with E-state index in [0.29, 0.717) is 5.76 Å². The minimum Gasteiger partial charge on any atom is -0.461 e. The van der Waals surface area contributed by atoms with Crippen LogP contribution in [-0.4, -0.2) is 28.4 Å². The highest BCUT2D eigenvalue weighted by atomic mass is 19.4. The fourth-order valence-corrected chi connectivity index (χ4v) is 1.82. The molecular weight excluding hydrogens is 365 g/mol. The zero-order valence-electron chi connectivity index (χ0n) is 14.1. The van der Waals surface area contributed by atoms with E-state index in [0.717, 1.165) is 12.3 Å². The molecule has 0 aliphatic rings. The van der Waals surface area contributed by atoms with Gasteiger partial charge in [-0.2, -0.15) is 13.2 Å². The molecule has 0 saturated carbocycles. The Bertz CT molecular complexity index is 888. The maximum Gasteiger partial charge on any atom is 0.433 e. The SMILES string of the molecule is C=N/C(=N\C(N)=C(/C)C(=O)NCc1nccc(C(F)(F)F)n1)c1ccco1. The van der Waals surface area contributed by atoms with Gasteiger partial charge in [0, 0.05) is 6.20 Å². The number of aromatic nitrogens is 2. The van der Waals surface area contributed by atoms with E-state index in [1.807, 2.05) is 0 Å². The van der Waals surface area contributed by atoms with E-state index in [4.69, 9.17) is 10.2 Å². The first kappa shape index (κ1) is 19.8. The summed E-state index contributed by atoms with van der Waals surface area (Å²) in [4.78, 5) is 26.8. The number of amides is 1. The average Bonchev–Trinajstić information content (AvgIpc) is 3.17. The third-order valence-electron chi connectivity index (χ3n) is 3.25. The molecule has 0 aliphatic heterocycles. The zero-order valence-corrected chi connectivity index (χ0v) is 14.1. The Morgan fingerprint density at radius 1 is 1.41 bits per heavy atom. The molecule has 2 aromatic rings. The summed E-state index contributed by atoms with van der Waals surface area (Å²) < 4.78 is 43.0. The van der Waals surface area contributed by atoms with Crippen LogP contribution in [0.25, 0.3) is 0 Å². The number of aliphatic imine (C=N–C) groups is 2. The van der Waals surface area contributed by atoms with Crippen molar-refractivity contribution in [2.24, 2.45) is 15.7 Å². The molecular formula is C16H15F3N6O2. The number of amidine groups is 1. The largest absolute Gasteiger partial charge is 0.461 e. The molecule has 8 nitrogen and oxygen atoms in total. The zero-order chi connectivity index (χ0) is 20.0. The van der Waals surface area contributed by atoms with Crippen LogP contribution in [0.5, 0.6) is 0 Å². The molecule has 0 aliphatic carbocycles. The normalized spacial score (nSPS) is 13.1. The number of nitrogens with two attached hydrogens (primary N) is 1. The van der Waals surface area contributed by atoms with Crippen molar-refractivity contribution in [3.8, 4) is 0 Å². The van der Waals surface area contributed by atoms with Crippen molar-refractivity contribution in [1.82, 2.24) is 15.3 Å². The van der Waals surface area contributed by atoms with Gasteiger partial charge in [0.25, 0.3) is 5.91 Å². The number of carbonyl (C=O) groups is 1. The van der Waals surface area contributed by atoms with Crippen molar-refractivity contribution in [1.29, 1.82) is 0 Å². The predicted octanol–water partition coefficient (Wildman–Crippen LogP) is 2.04. The van der Waals surface area contributed by atoms with Crippen LogP contribution in [0.15, 0.2) is 56.5 Å². The number of nitrogens with zero attached hydrogens (tertiary/aromatic N) is 4. The lowest BCUT2D eigenvalue weighted by Gasteiger charge is -2.08. The molecule has 0 aromatic carbocycles. The number of rotatable bonds is 5. The van der Waals surface area contributed by atoms with E-state index in [9.17, 15) is 18.0 Å². The van der Waals surface area contributed by atoms with Gasteiger partial charge in [-0.05, 0) is 31.8 Å². The molecule has 11 heteroatoms. The van der Waals surface area contributed by atoms with Gasteiger partial charge >= 0.3 is 6.18 Å². The van der Waals surface area contributed by atoms with Gasteiger partial charge < -0.3 is 15.5 Å². The number of alkyl halides is 3. The number of nitrogens with one attached hydrogen (secondary N) is 1. The predicted molar refractivity (Wildman–Crippen MR) is 90.6 cm³/mol. The van der Waals surface area contributed by atoms with E-state index in [1.165, 1.54) is 13.2 Å². The van der Waals surface area contributed by atoms with Crippen LogP contribution in [0.3, 0.4) is 0 Å². The van der Waals surface area contributed by atoms with E-state index >= 15 is 0 Å². The second-order valence-electron chi connectivity index (χ2n) is 5.12. The Morgan fingerprint density at radius 3 is 2.74 bits per heavy atom. The maximum atomic E-state index is 12.6. The lowest BCUT2D eigenvalue weighted by Crippen LogP contribution is -2.27. The number of hydrogen-bond donors (Lipinski definition) is 2. The van der Waals surface area contributed by atoms with E-state index in [2.05, 4.69) is 32.0 Å². The maximum absolute atomic E-state index is 12.6. The molecule has 0 bridgehead atoms. The minimum atomic E-state index is -4.60. The Morgan fingerprint density at radius 2 is 2.15 bits per heavy atom. The fraction of sp³-hybridized carbons (Fsp3) is 0.188. The molecule has 0 fully saturated rings.